The topological polar surface area (TPSA) is 73.9 Å². The van der Waals surface area contributed by atoms with Crippen molar-refractivity contribution in [2.24, 2.45) is 0 Å². The number of benzene rings is 3. The Hall–Kier alpha value is -4.00. The number of piperazine rings is 1. The van der Waals surface area contributed by atoms with Gasteiger partial charge in [-0.05, 0) is 67.3 Å². The number of amides is 2. The third-order valence-electron chi connectivity index (χ3n) is 7.62. The maximum absolute atomic E-state index is 13.2. The smallest absolute Gasteiger partial charge is 0.255 e. The molecule has 1 aliphatic rings. The van der Waals surface area contributed by atoms with Crippen LogP contribution in [-0.4, -0.2) is 51.6 Å². The predicted octanol–water partition coefficient (Wildman–Crippen LogP) is 6.54. The molecule has 218 valence electrons. The van der Waals surface area contributed by atoms with Gasteiger partial charge in [0.25, 0.3) is 11.8 Å². The Morgan fingerprint density at radius 2 is 1.49 bits per heavy atom. The minimum absolute atomic E-state index is 0.127. The molecule has 0 bridgehead atoms. The van der Waals surface area contributed by atoms with Crippen LogP contribution in [0.25, 0.3) is 0 Å². The van der Waals surface area contributed by atoms with Gasteiger partial charge in [-0.1, -0.05) is 57.4 Å². The second kappa shape index (κ2) is 15.1. The number of rotatable bonds is 13. The van der Waals surface area contributed by atoms with E-state index in [4.69, 9.17) is 4.74 Å². The van der Waals surface area contributed by atoms with E-state index in [1.165, 1.54) is 31.2 Å². The number of aryl methyl sites for hydroxylation is 1. The van der Waals surface area contributed by atoms with E-state index >= 15 is 0 Å². The summed E-state index contributed by atoms with van der Waals surface area (Å²) in [5, 5.41) is 6.02. The molecule has 1 aliphatic heterocycles. The molecule has 4 rings (SSSR count). The highest BCUT2D eigenvalue weighted by Crippen LogP contribution is 2.31. The van der Waals surface area contributed by atoms with Crippen LogP contribution in [-0.2, 0) is 6.42 Å². The molecule has 0 unspecified atom stereocenters. The van der Waals surface area contributed by atoms with Gasteiger partial charge in [-0.25, -0.2) is 0 Å². The average molecular weight is 557 g/mol. The molecule has 0 spiro atoms. The van der Waals surface area contributed by atoms with Crippen molar-refractivity contribution in [1.82, 2.24) is 5.32 Å². The van der Waals surface area contributed by atoms with Crippen LogP contribution in [0.4, 0.5) is 17.1 Å². The molecule has 41 heavy (non-hydrogen) atoms. The van der Waals surface area contributed by atoms with Crippen molar-refractivity contribution in [3.63, 3.8) is 0 Å². The fraction of sp³-hybridized carbons (Fsp3) is 0.412. The van der Waals surface area contributed by atoms with E-state index in [0.29, 0.717) is 23.4 Å². The largest absolute Gasteiger partial charge is 0.495 e. The van der Waals surface area contributed by atoms with Gasteiger partial charge in [-0.15, -0.1) is 0 Å². The Labute approximate surface area is 244 Å². The summed E-state index contributed by atoms with van der Waals surface area (Å²) in [6.45, 7) is 8.00. The number of nitrogens with zero attached hydrogens (tertiary/aromatic N) is 2. The molecule has 2 amide bonds. The van der Waals surface area contributed by atoms with Gasteiger partial charge in [0.1, 0.15) is 5.75 Å². The van der Waals surface area contributed by atoms with Crippen molar-refractivity contribution in [2.45, 2.75) is 52.4 Å². The number of carbonyl (C=O) groups is 2. The fourth-order valence-electron chi connectivity index (χ4n) is 5.27. The average Bonchev–Trinajstić information content (AvgIpc) is 3.02. The van der Waals surface area contributed by atoms with Crippen LogP contribution >= 0.6 is 0 Å². The minimum Gasteiger partial charge on any atom is -0.495 e. The van der Waals surface area contributed by atoms with Crippen LogP contribution in [0, 0.1) is 0 Å². The zero-order valence-corrected chi connectivity index (χ0v) is 24.7. The van der Waals surface area contributed by atoms with Gasteiger partial charge in [0, 0.05) is 49.7 Å². The number of para-hydroxylation sites is 2. The highest BCUT2D eigenvalue weighted by atomic mass is 16.5. The lowest BCUT2D eigenvalue weighted by Gasteiger charge is -2.38. The van der Waals surface area contributed by atoms with E-state index < -0.39 is 0 Å². The second-order valence-electron chi connectivity index (χ2n) is 10.6. The van der Waals surface area contributed by atoms with Crippen LogP contribution in [0.1, 0.15) is 72.2 Å². The van der Waals surface area contributed by atoms with Crippen molar-refractivity contribution in [1.29, 1.82) is 0 Å². The summed E-state index contributed by atoms with van der Waals surface area (Å²) in [6.07, 6.45) is 6.78. The molecule has 0 atom stereocenters. The van der Waals surface area contributed by atoms with Gasteiger partial charge in [0.15, 0.2) is 0 Å². The quantitative estimate of drug-likeness (QED) is 0.234. The van der Waals surface area contributed by atoms with Crippen LogP contribution in [0.5, 0.6) is 5.75 Å². The standard InChI is InChI=1S/C34H44N4O3/c1-4-6-7-8-11-26-14-16-27(17-15-26)33(39)36-28-18-19-30(29(25-28)34(40)35-20-5-2)37-21-23-38(24-22-37)31-12-9-10-13-32(31)41-3/h9-10,12-19,25H,4-8,11,20-24H2,1-3H3,(H,35,40)(H,36,39). The number of anilines is 3. The first-order valence-corrected chi connectivity index (χ1v) is 15.0. The summed E-state index contributed by atoms with van der Waals surface area (Å²) in [4.78, 5) is 30.8. The molecule has 3 aromatic rings. The number of carbonyl (C=O) groups excluding carboxylic acids is 2. The normalized spacial score (nSPS) is 13.1. The Kier molecular flexibility index (Phi) is 11.1. The van der Waals surface area contributed by atoms with Crippen LogP contribution in [0.2, 0.25) is 0 Å². The third-order valence-corrected chi connectivity index (χ3v) is 7.62. The number of methoxy groups -OCH3 is 1. The van der Waals surface area contributed by atoms with Crippen molar-refractivity contribution in [3.05, 3.63) is 83.4 Å². The molecule has 7 nitrogen and oxygen atoms in total. The summed E-state index contributed by atoms with van der Waals surface area (Å²) in [5.41, 5.74) is 5.00. The maximum Gasteiger partial charge on any atom is 0.255 e. The van der Waals surface area contributed by atoms with E-state index in [2.05, 4.69) is 33.4 Å². The zero-order valence-electron chi connectivity index (χ0n) is 24.7. The van der Waals surface area contributed by atoms with Crippen LogP contribution in [0.15, 0.2) is 66.7 Å². The minimum atomic E-state index is -0.180. The van der Waals surface area contributed by atoms with Crippen molar-refractivity contribution < 1.29 is 14.3 Å². The highest BCUT2D eigenvalue weighted by Gasteiger charge is 2.24. The number of nitrogens with one attached hydrogen (secondary N) is 2. The first-order chi connectivity index (χ1) is 20.0. The van der Waals surface area contributed by atoms with Gasteiger partial charge >= 0.3 is 0 Å². The summed E-state index contributed by atoms with van der Waals surface area (Å²) in [7, 11) is 1.70. The summed E-state index contributed by atoms with van der Waals surface area (Å²) < 4.78 is 5.56. The molecule has 1 heterocycles. The molecule has 0 aliphatic carbocycles. The molecule has 1 saturated heterocycles. The Morgan fingerprint density at radius 3 is 2.17 bits per heavy atom. The van der Waals surface area contributed by atoms with E-state index in [-0.39, 0.29) is 11.8 Å². The Morgan fingerprint density at radius 1 is 0.780 bits per heavy atom. The Balaban J connectivity index is 1.45. The summed E-state index contributed by atoms with van der Waals surface area (Å²) in [6, 6.07) is 21.5. The molecular formula is C34H44N4O3. The first-order valence-electron chi connectivity index (χ1n) is 15.0. The molecule has 7 heteroatoms. The van der Waals surface area contributed by atoms with Gasteiger partial charge in [0.2, 0.25) is 0 Å². The van der Waals surface area contributed by atoms with Crippen molar-refractivity contribution in [2.75, 3.05) is 55.0 Å². The van der Waals surface area contributed by atoms with E-state index in [0.717, 1.165) is 56.1 Å². The lowest BCUT2D eigenvalue weighted by atomic mass is 10.0. The van der Waals surface area contributed by atoms with E-state index in [9.17, 15) is 9.59 Å². The number of unbranched alkanes of at least 4 members (excludes halogenated alkanes) is 3. The van der Waals surface area contributed by atoms with Gasteiger partial charge in [-0.2, -0.15) is 0 Å². The monoisotopic (exact) mass is 556 g/mol. The molecule has 2 N–H and O–H groups in total. The lowest BCUT2D eigenvalue weighted by Crippen LogP contribution is -2.47. The zero-order chi connectivity index (χ0) is 29.0. The number of ether oxygens (including phenoxy) is 1. The maximum atomic E-state index is 13.2. The number of hydrogen-bond donors (Lipinski definition) is 2. The Bertz CT molecular complexity index is 1280. The fourth-order valence-corrected chi connectivity index (χ4v) is 5.27. The van der Waals surface area contributed by atoms with E-state index in [1.54, 1.807) is 13.2 Å². The lowest BCUT2D eigenvalue weighted by molar-refractivity contribution is 0.0952. The predicted molar refractivity (Wildman–Crippen MR) is 169 cm³/mol. The summed E-state index contributed by atoms with van der Waals surface area (Å²) in [5.74, 6) is 0.556. The van der Waals surface area contributed by atoms with E-state index in [1.807, 2.05) is 61.5 Å². The second-order valence-corrected chi connectivity index (χ2v) is 10.6. The highest BCUT2D eigenvalue weighted by molar-refractivity contribution is 6.06. The molecule has 0 aromatic heterocycles. The molecule has 3 aromatic carbocycles. The number of hydrogen-bond acceptors (Lipinski definition) is 5. The van der Waals surface area contributed by atoms with Gasteiger partial charge in [0.05, 0.1) is 18.4 Å². The summed E-state index contributed by atoms with van der Waals surface area (Å²) >= 11 is 0. The molecule has 1 fully saturated rings. The van der Waals surface area contributed by atoms with Crippen molar-refractivity contribution >= 4 is 28.9 Å². The molecule has 0 saturated carbocycles. The van der Waals surface area contributed by atoms with Crippen molar-refractivity contribution in [3.8, 4) is 5.75 Å². The SMILES string of the molecule is CCCCCCc1ccc(C(=O)Nc2ccc(N3CCN(c4ccccc4OC)CC3)c(C(=O)NCCC)c2)cc1. The molecule has 0 radical (unpaired) electrons. The first kappa shape index (κ1) is 30.0. The van der Waals surface area contributed by atoms with Crippen LogP contribution < -0.4 is 25.2 Å². The van der Waals surface area contributed by atoms with Gasteiger partial charge in [-0.3, -0.25) is 9.59 Å². The molecular weight excluding hydrogens is 512 g/mol. The van der Waals surface area contributed by atoms with Crippen LogP contribution in [0.3, 0.4) is 0 Å². The van der Waals surface area contributed by atoms with Gasteiger partial charge < -0.3 is 25.2 Å². The third kappa shape index (κ3) is 8.03.